The van der Waals surface area contributed by atoms with E-state index in [-0.39, 0.29) is 25.0 Å². The fourth-order valence-electron chi connectivity index (χ4n) is 3.00. The van der Waals surface area contributed by atoms with Crippen LogP contribution >= 0.6 is 12.6 Å². The summed E-state index contributed by atoms with van der Waals surface area (Å²) in [4.78, 5) is 70.6. The molecule has 32 heavy (non-hydrogen) atoms. The van der Waals surface area contributed by atoms with E-state index in [1.54, 1.807) is 0 Å². The van der Waals surface area contributed by atoms with Crippen LogP contribution in [0.5, 0.6) is 0 Å². The summed E-state index contributed by atoms with van der Waals surface area (Å²) in [6.45, 7) is 0.645. The lowest BCUT2D eigenvalue weighted by molar-refractivity contribution is -0.142. The lowest BCUT2D eigenvalue weighted by atomic mass is 10.1. The second kappa shape index (κ2) is 13.5. The van der Waals surface area contributed by atoms with Gasteiger partial charge in [-0.3, -0.25) is 24.0 Å². The number of primary amides is 1. The van der Waals surface area contributed by atoms with Crippen LogP contribution in [0.3, 0.4) is 0 Å². The van der Waals surface area contributed by atoms with Gasteiger partial charge in [0.1, 0.15) is 18.1 Å². The predicted octanol–water partition coefficient (Wildman–Crippen LogP) is -2.66. The molecule has 0 aromatic rings. The Balaban J connectivity index is 2.80. The Labute approximate surface area is 189 Å². The fourth-order valence-corrected chi connectivity index (χ4v) is 3.26. The van der Waals surface area contributed by atoms with E-state index in [4.69, 9.17) is 10.8 Å². The van der Waals surface area contributed by atoms with E-state index in [0.717, 1.165) is 6.42 Å². The quantitative estimate of drug-likeness (QED) is 0.123. The van der Waals surface area contributed by atoms with E-state index in [1.165, 1.54) is 0 Å². The smallest absolute Gasteiger partial charge is 0.326 e. The van der Waals surface area contributed by atoms with Gasteiger partial charge in [-0.2, -0.15) is 12.6 Å². The molecule has 0 aliphatic carbocycles. The first-order valence-electron chi connectivity index (χ1n) is 10.0. The number of aliphatic carboxylic acids is 2. The number of carboxylic acids is 2. The molecule has 0 saturated carbocycles. The minimum Gasteiger partial charge on any atom is -0.481 e. The van der Waals surface area contributed by atoms with E-state index < -0.39 is 66.2 Å². The molecule has 0 radical (unpaired) electrons. The zero-order valence-electron chi connectivity index (χ0n) is 17.3. The summed E-state index contributed by atoms with van der Waals surface area (Å²) in [5.41, 5.74) is 5.00. The minimum atomic E-state index is -1.41. The number of rotatable bonds is 14. The van der Waals surface area contributed by atoms with E-state index in [0.29, 0.717) is 13.0 Å². The molecule has 0 aromatic carbocycles. The summed E-state index contributed by atoms with van der Waals surface area (Å²) < 4.78 is 0. The normalized spacial score (nSPS) is 18.1. The first-order chi connectivity index (χ1) is 15.0. The van der Waals surface area contributed by atoms with Crippen LogP contribution in [-0.2, 0) is 28.8 Å². The third-order valence-electron chi connectivity index (χ3n) is 4.77. The lowest BCUT2D eigenvalue weighted by Gasteiger charge is -2.24. The van der Waals surface area contributed by atoms with Crippen LogP contribution in [-0.4, -0.2) is 82.2 Å². The molecule has 0 spiro atoms. The van der Waals surface area contributed by atoms with E-state index in [1.807, 2.05) is 0 Å². The molecule has 4 unspecified atom stereocenters. The van der Waals surface area contributed by atoms with Crippen molar-refractivity contribution in [3.8, 4) is 0 Å². The molecular weight excluding hydrogens is 446 g/mol. The SMILES string of the molecule is NC(=O)CCC(NC(=O)C(CS)NC(=O)C(CCC(=O)O)NC(=O)C1CCCN1)C(=O)O. The first kappa shape index (κ1) is 27.2. The van der Waals surface area contributed by atoms with Crippen molar-refractivity contribution in [1.82, 2.24) is 21.3 Å². The van der Waals surface area contributed by atoms with Crippen molar-refractivity contribution in [2.24, 2.45) is 5.73 Å². The van der Waals surface area contributed by atoms with Crippen molar-refractivity contribution in [2.45, 2.75) is 62.7 Å². The molecular formula is C18H29N5O8S. The van der Waals surface area contributed by atoms with Crippen LogP contribution in [0.15, 0.2) is 0 Å². The van der Waals surface area contributed by atoms with Crippen LogP contribution in [0.1, 0.15) is 38.5 Å². The maximum Gasteiger partial charge on any atom is 0.326 e. The molecule has 1 saturated heterocycles. The zero-order valence-corrected chi connectivity index (χ0v) is 18.2. The van der Waals surface area contributed by atoms with Gasteiger partial charge in [-0.05, 0) is 32.2 Å². The van der Waals surface area contributed by atoms with Gasteiger partial charge in [0.25, 0.3) is 0 Å². The molecule has 4 atom stereocenters. The third-order valence-corrected chi connectivity index (χ3v) is 5.13. The number of thiol groups is 1. The van der Waals surface area contributed by atoms with Crippen molar-refractivity contribution in [3.63, 3.8) is 0 Å². The summed E-state index contributed by atoms with van der Waals surface area (Å²) in [7, 11) is 0. The van der Waals surface area contributed by atoms with Gasteiger partial charge in [0.2, 0.25) is 23.6 Å². The molecule has 1 aliphatic rings. The van der Waals surface area contributed by atoms with Gasteiger partial charge in [-0.25, -0.2) is 4.79 Å². The molecule has 1 aliphatic heterocycles. The van der Waals surface area contributed by atoms with E-state index in [9.17, 15) is 33.9 Å². The molecule has 1 heterocycles. The number of nitrogens with one attached hydrogen (secondary N) is 4. The van der Waals surface area contributed by atoms with E-state index in [2.05, 4.69) is 33.9 Å². The van der Waals surface area contributed by atoms with Crippen molar-refractivity contribution < 1.29 is 39.0 Å². The molecule has 1 fully saturated rings. The summed E-state index contributed by atoms with van der Waals surface area (Å²) in [5, 5.41) is 28.1. The van der Waals surface area contributed by atoms with Gasteiger partial charge in [0.05, 0.1) is 6.04 Å². The number of carbonyl (C=O) groups is 6. The van der Waals surface area contributed by atoms with Gasteiger partial charge in [0.15, 0.2) is 0 Å². The highest BCUT2D eigenvalue weighted by Gasteiger charge is 2.31. The topological polar surface area (TPSA) is 217 Å². The van der Waals surface area contributed by atoms with Crippen molar-refractivity contribution >= 4 is 48.2 Å². The number of carboxylic acid groups (broad SMARTS) is 2. The standard InChI is InChI=1S/C18H29N5O8S/c19-13(24)5-3-11(18(30)31)22-17(29)12(8-32)23-16(28)10(4-6-14(25)26)21-15(27)9-2-1-7-20-9/h9-12,20,32H,1-8H2,(H2,19,24)(H,21,27)(H,22,29)(H,23,28)(H,25,26)(H,30,31). The highest BCUT2D eigenvalue weighted by atomic mass is 32.1. The monoisotopic (exact) mass is 475 g/mol. The van der Waals surface area contributed by atoms with Crippen LogP contribution in [0.2, 0.25) is 0 Å². The fraction of sp³-hybridized carbons (Fsp3) is 0.667. The first-order valence-corrected chi connectivity index (χ1v) is 10.7. The summed E-state index contributed by atoms with van der Waals surface area (Å²) >= 11 is 3.99. The highest BCUT2D eigenvalue weighted by molar-refractivity contribution is 7.80. The maximum atomic E-state index is 12.7. The van der Waals surface area contributed by atoms with Crippen LogP contribution in [0.4, 0.5) is 0 Å². The van der Waals surface area contributed by atoms with Crippen LogP contribution < -0.4 is 27.0 Å². The number of nitrogens with two attached hydrogens (primary N) is 1. The Morgan fingerprint density at radius 2 is 1.53 bits per heavy atom. The minimum absolute atomic E-state index is 0.205. The highest BCUT2D eigenvalue weighted by Crippen LogP contribution is 2.07. The van der Waals surface area contributed by atoms with Gasteiger partial charge in [-0.1, -0.05) is 0 Å². The van der Waals surface area contributed by atoms with Crippen LogP contribution in [0, 0.1) is 0 Å². The number of hydrogen-bond donors (Lipinski definition) is 8. The van der Waals surface area contributed by atoms with Crippen molar-refractivity contribution in [2.75, 3.05) is 12.3 Å². The predicted molar refractivity (Wildman–Crippen MR) is 114 cm³/mol. The Morgan fingerprint density at radius 3 is 2.03 bits per heavy atom. The van der Waals surface area contributed by atoms with Gasteiger partial charge < -0.3 is 37.2 Å². The molecule has 8 N–H and O–H groups in total. The molecule has 13 nitrogen and oxygen atoms in total. The second-order valence-electron chi connectivity index (χ2n) is 7.29. The molecule has 0 bridgehead atoms. The second-order valence-corrected chi connectivity index (χ2v) is 7.66. The molecule has 1 rings (SSSR count). The Hall–Kier alpha value is -2.87. The largest absolute Gasteiger partial charge is 0.481 e. The zero-order chi connectivity index (χ0) is 24.3. The molecule has 180 valence electrons. The average molecular weight is 476 g/mol. The number of amides is 4. The summed E-state index contributed by atoms with van der Waals surface area (Å²) in [6, 6.07) is -4.40. The number of hydrogen-bond acceptors (Lipinski definition) is 8. The summed E-state index contributed by atoms with van der Waals surface area (Å²) in [5.74, 6) is -5.64. The third kappa shape index (κ3) is 9.51. The molecule has 4 amide bonds. The van der Waals surface area contributed by atoms with Gasteiger partial charge >= 0.3 is 11.9 Å². The lowest BCUT2D eigenvalue weighted by Crippen LogP contribution is -2.57. The Bertz CT molecular complexity index is 728. The van der Waals surface area contributed by atoms with Crippen LogP contribution in [0.25, 0.3) is 0 Å². The Morgan fingerprint density at radius 1 is 0.938 bits per heavy atom. The molecule has 14 heteroatoms. The average Bonchev–Trinajstić information content (AvgIpc) is 3.26. The number of carbonyl (C=O) groups excluding carboxylic acids is 4. The van der Waals surface area contributed by atoms with E-state index >= 15 is 0 Å². The van der Waals surface area contributed by atoms with Crippen molar-refractivity contribution in [3.05, 3.63) is 0 Å². The summed E-state index contributed by atoms with van der Waals surface area (Å²) in [6.07, 6.45) is 0.234. The maximum absolute atomic E-state index is 12.7. The van der Waals surface area contributed by atoms with Gasteiger partial charge in [-0.15, -0.1) is 0 Å². The van der Waals surface area contributed by atoms with Gasteiger partial charge in [0, 0.05) is 18.6 Å². The Kier molecular flexibility index (Phi) is 11.5. The van der Waals surface area contributed by atoms with Crippen molar-refractivity contribution in [1.29, 1.82) is 0 Å². The molecule has 0 aromatic heterocycles.